The molecule has 3 aromatic rings. The second-order valence-corrected chi connectivity index (χ2v) is 8.47. The predicted octanol–water partition coefficient (Wildman–Crippen LogP) is 4.61. The Kier molecular flexibility index (Phi) is 6.11. The molecule has 0 atom stereocenters. The van der Waals surface area contributed by atoms with Gasteiger partial charge in [0.15, 0.2) is 0 Å². The minimum absolute atomic E-state index is 0.0571. The van der Waals surface area contributed by atoms with Crippen LogP contribution in [0.1, 0.15) is 20.7 Å². The molecule has 30 heavy (non-hydrogen) atoms. The summed E-state index contributed by atoms with van der Waals surface area (Å²) < 4.78 is 4.75. The molecular formula is C22H20ClN3O3S. The van der Waals surface area contributed by atoms with Gasteiger partial charge in [0.1, 0.15) is 0 Å². The topological polar surface area (TPSA) is 71.5 Å². The zero-order chi connectivity index (χ0) is 21.1. The van der Waals surface area contributed by atoms with E-state index in [-0.39, 0.29) is 5.91 Å². The number of thioether (sulfide) groups is 1. The summed E-state index contributed by atoms with van der Waals surface area (Å²) >= 11 is 8.09. The van der Waals surface area contributed by atoms with Gasteiger partial charge in [0.2, 0.25) is 0 Å². The van der Waals surface area contributed by atoms with Crippen LogP contribution in [0.15, 0.2) is 48.7 Å². The number of carbonyl (C=O) groups excluding carboxylic acids is 2. The average Bonchev–Trinajstić information content (AvgIpc) is 2.79. The first-order valence-corrected chi connectivity index (χ1v) is 11.0. The Morgan fingerprint density at radius 2 is 1.87 bits per heavy atom. The molecule has 0 unspecified atom stereocenters. The molecule has 2 heterocycles. The quantitative estimate of drug-likeness (QED) is 0.596. The van der Waals surface area contributed by atoms with Crippen LogP contribution >= 0.6 is 23.4 Å². The summed E-state index contributed by atoms with van der Waals surface area (Å²) in [6, 6.07) is 12.3. The lowest BCUT2D eigenvalue weighted by Gasteiger charge is -2.27. The highest BCUT2D eigenvalue weighted by Gasteiger charge is 2.23. The number of rotatable bonds is 4. The highest BCUT2D eigenvalue weighted by molar-refractivity contribution is 7.99. The molecule has 2 aromatic carbocycles. The first-order valence-electron chi connectivity index (χ1n) is 9.47. The normalized spacial score (nSPS) is 13.9. The van der Waals surface area contributed by atoms with Gasteiger partial charge < -0.3 is 15.0 Å². The zero-order valence-electron chi connectivity index (χ0n) is 16.4. The molecule has 1 saturated heterocycles. The summed E-state index contributed by atoms with van der Waals surface area (Å²) in [6.07, 6.45) is 1.62. The molecule has 1 aliphatic heterocycles. The van der Waals surface area contributed by atoms with Crippen LogP contribution in [0.5, 0.6) is 0 Å². The number of aromatic nitrogens is 1. The lowest BCUT2D eigenvalue weighted by atomic mass is 10.1. The minimum Gasteiger partial charge on any atom is -0.465 e. The van der Waals surface area contributed by atoms with E-state index >= 15 is 0 Å². The van der Waals surface area contributed by atoms with E-state index < -0.39 is 5.97 Å². The van der Waals surface area contributed by atoms with E-state index in [0.717, 1.165) is 28.1 Å². The molecule has 0 saturated carbocycles. The number of halogens is 1. The molecule has 0 radical (unpaired) electrons. The predicted molar refractivity (Wildman–Crippen MR) is 121 cm³/mol. The van der Waals surface area contributed by atoms with Crippen molar-refractivity contribution in [1.29, 1.82) is 0 Å². The molecule has 0 spiro atoms. The van der Waals surface area contributed by atoms with E-state index in [1.165, 1.54) is 7.11 Å². The van der Waals surface area contributed by atoms with Gasteiger partial charge >= 0.3 is 5.97 Å². The highest BCUT2D eigenvalue weighted by atomic mass is 35.5. The summed E-state index contributed by atoms with van der Waals surface area (Å²) in [6.45, 7) is 1.43. The van der Waals surface area contributed by atoms with Gasteiger partial charge in [-0.2, -0.15) is 11.8 Å². The van der Waals surface area contributed by atoms with Crippen molar-refractivity contribution < 1.29 is 14.3 Å². The maximum Gasteiger partial charge on any atom is 0.337 e. The fourth-order valence-electron chi connectivity index (χ4n) is 3.35. The maximum absolute atomic E-state index is 13.3. The van der Waals surface area contributed by atoms with Crippen molar-refractivity contribution in [3.05, 3.63) is 64.8 Å². The number of amides is 1. The Labute approximate surface area is 183 Å². The number of hydrogen-bond donors (Lipinski definition) is 1. The van der Waals surface area contributed by atoms with E-state index in [2.05, 4.69) is 10.3 Å². The minimum atomic E-state index is -0.401. The van der Waals surface area contributed by atoms with Crippen LogP contribution in [0.4, 0.5) is 11.4 Å². The van der Waals surface area contributed by atoms with Crippen LogP contribution in [0, 0.1) is 0 Å². The number of esters is 1. The third kappa shape index (κ3) is 4.22. The number of fused-ring (bicyclic) bond motifs is 1. The van der Waals surface area contributed by atoms with E-state index in [1.54, 1.807) is 42.6 Å². The van der Waals surface area contributed by atoms with Crippen molar-refractivity contribution in [3.8, 4) is 0 Å². The number of pyridine rings is 1. The SMILES string of the molecule is COC(=O)c1ccc(Nc2c(C(=O)N3CCSCC3)cnc3ccc(Cl)cc23)cc1. The lowest BCUT2D eigenvalue weighted by Crippen LogP contribution is -2.38. The highest BCUT2D eigenvalue weighted by Crippen LogP contribution is 2.32. The Bertz CT molecular complexity index is 1100. The Morgan fingerprint density at radius 3 is 2.57 bits per heavy atom. The molecular weight excluding hydrogens is 422 g/mol. The smallest absolute Gasteiger partial charge is 0.337 e. The molecule has 1 aromatic heterocycles. The van der Waals surface area contributed by atoms with Gasteiger partial charge in [-0.25, -0.2) is 4.79 Å². The molecule has 8 heteroatoms. The third-order valence-electron chi connectivity index (χ3n) is 4.93. The largest absolute Gasteiger partial charge is 0.465 e. The molecule has 4 rings (SSSR count). The van der Waals surface area contributed by atoms with Crippen LogP contribution in [0.25, 0.3) is 10.9 Å². The molecule has 1 fully saturated rings. The fraction of sp³-hybridized carbons (Fsp3) is 0.227. The number of anilines is 2. The maximum atomic E-state index is 13.3. The Balaban J connectivity index is 1.76. The van der Waals surface area contributed by atoms with Crippen LogP contribution in [-0.2, 0) is 4.74 Å². The number of carbonyl (C=O) groups is 2. The number of nitrogens with zero attached hydrogens (tertiary/aromatic N) is 2. The first-order chi connectivity index (χ1) is 14.6. The van der Waals surface area contributed by atoms with E-state index in [9.17, 15) is 9.59 Å². The number of hydrogen-bond acceptors (Lipinski definition) is 6. The van der Waals surface area contributed by atoms with Gasteiger partial charge in [-0.05, 0) is 42.5 Å². The van der Waals surface area contributed by atoms with Gasteiger partial charge in [-0.1, -0.05) is 11.6 Å². The van der Waals surface area contributed by atoms with Crippen LogP contribution < -0.4 is 5.32 Å². The summed E-state index contributed by atoms with van der Waals surface area (Å²) in [5.74, 6) is 1.40. The van der Waals surface area contributed by atoms with Crippen LogP contribution in [-0.4, -0.2) is 53.5 Å². The van der Waals surface area contributed by atoms with Crippen LogP contribution in [0.3, 0.4) is 0 Å². The molecule has 1 aliphatic rings. The summed E-state index contributed by atoms with van der Waals surface area (Å²) in [5, 5.41) is 4.67. The molecule has 154 valence electrons. The number of nitrogens with one attached hydrogen (secondary N) is 1. The fourth-order valence-corrected chi connectivity index (χ4v) is 4.43. The van der Waals surface area contributed by atoms with Gasteiger partial charge in [-0.3, -0.25) is 9.78 Å². The van der Waals surface area contributed by atoms with Gasteiger partial charge in [0.05, 0.1) is 29.4 Å². The summed E-state index contributed by atoms with van der Waals surface area (Å²) in [4.78, 5) is 31.3. The standard InChI is InChI=1S/C22H20ClN3O3S/c1-29-22(28)14-2-5-16(6-3-14)25-20-17-12-15(23)4-7-19(17)24-13-18(20)21(27)26-8-10-30-11-9-26/h2-7,12-13H,8-11H2,1H3,(H,24,25). The van der Waals surface area contributed by atoms with Crippen molar-refractivity contribution in [2.45, 2.75) is 0 Å². The van der Waals surface area contributed by atoms with Crippen molar-refractivity contribution in [2.24, 2.45) is 0 Å². The van der Waals surface area contributed by atoms with E-state index in [4.69, 9.17) is 16.3 Å². The third-order valence-corrected chi connectivity index (χ3v) is 6.11. The molecule has 1 amide bonds. The second-order valence-electron chi connectivity index (χ2n) is 6.81. The summed E-state index contributed by atoms with van der Waals surface area (Å²) in [7, 11) is 1.35. The van der Waals surface area contributed by atoms with E-state index in [1.807, 2.05) is 22.7 Å². The lowest BCUT2D eigenvalue weighted by molar-refractivity contribution is 0.0600. The number of ether oxygens (including phenoxy) is 1. The van der Waals surface area contributed by atoms with Gasteiger partial charge in [0, 0.05) is 46.9 Å². The number of benzene rings is 2. The number of methoxy groups -OCH3 is 1. The molecule has 0 bridgehead atoms. The Hall–Kier alpha value is -2.77. The van der Waals surface area contributed by atoms with Gasteiger partial charge in [-0.15, -0.1) is 0 Å². The molecule has 1 N–H and O–H groups in total. The molecule has 0 aliphatic carbocycles. The summed E-state index contributed by atoms with van der Waals surface area (Å²) in [5.41, 5.74) is 3.07. The monoisotopic (exact) mass is 441 g/mol. The average molecular weight is 442 g/mol. The van der Waals surface area contributed by atoms with Crippen LogP contribution in [0.2, 0.25) is 5.02 Å². The van der Waals surface area contributed by atoms with Crippen molar-refractivity contribution >= 4 is 57.5 Å². The second kappa shape index (κ2) is 8.93. The molecule has 6 nitrogen and oxygen atoms in total. The van der Waals surface area contributed by atoms with E-state index in [0.29, 0.717) is 34.9 Å². The van der Waals surface area contributed by atoms with Crippen molar-refractivity contribution in [3.63, 3.8) is 0 Å². The van der Waals surface area contributed by atoms with Crippen molar-refractivity contribution in [1.82, 2.24) is 9.88 Å². The zero-order valence-corrected chi connectivity index (χ0v) is 17.9. The van der Waals surface area contributed by atoms with Crippen molar-refractivity contribution in [2.75, 3.05) is 37.0 Å². The first kappa shape index (κ1) is 20.5. The Morgan fingerprint density at radius 1 is 1.13 bits per heavy atom. The van der Waals surface area contributed by atoms with Gasteiger partial charge in [0.25, 0.3) is 5.91 Å².